The highest BCUT2D eigenvalue weighted by Gasteiger charge is 2.24. The average Bonchev–Trinajstić information content (AvgIpc) is 2.79. The number of hydrogen-bond acceptors (Lipinski definition) is 6. The van der Waals surface area contributed by atoms with Gasteiger partial charge in [-0.15, -0.1) is 0 Å². The highest BCUT2D eigenvalue weighted by Crippen LogP contribution is 2.39. The van der Waals surface area contributed by atoms with Gasteiger partial charge >= 0.3 is 0 Å². The van der Waals surface area contributed by atoms with Gasteiger partial charge in [0.1, 0.15) is 11.6 Å². The van der Waals surface area contributed by atoms with Crippen molar-refractivity contribution >= 4 is 28.1 Å². The first-order chi connectivity index (χ1) is 14.2. The molecule has 144 valence electrons. The monoisotopic (exact) mass is 383 g/mol. The van der Waals surface area contributed by atoms with E-state index in [0.29, 0.717) is 5.82 Å². The third-order valence-electron chi connectivity index (χ3n) is 5.30. The average molecular weight is 383 g/mol. The summed E-state index contributed by atoms with van der Waals surface area (Å²) in [5.41, 5.74) is 4.11. The lowest BCUT2D eigenvalue weighted by Gasteiger charge is -2.36. The van der Waals surface area contributed by atoms with Crippen LogP contribution in [0.2, 0.25) is 0 Å². The predicted octanol–water partition coefficient (Wildman–Crippen LogP) is 4.29. The molecule has 1 aliphatic heterocycles. The number of benzene rings is 2. The molecule has 0 N–H and O–H groups in total. The van der Waals surface area contributed by atoms with Crippen molar-refractivity contribution in [1.82, 2.24) is 15.0 Å². The van der Waals surface area contributed by atoms with Crippen molar-refractivity contribution in [3.8, 4) is 17.1 Å². The van der Waals surface area contributed by atoms with Crippen LogP contribution < -0.4 is 14.5 Å². The van der Waals surface area contributed by atoms with Gasteiger partial charge in [-0.25, -0.2) is 9.97 Å². The van der Waals surface area contributed by atoms with Crippen molar-refractivity contribution in [3.63, 3.8) is 0 Å². The van der Waals surface area contributed by atoms with Crippen LogP contribution in [0.4, 0.5) is 17.2 Å². The van der Waals surface area contributed by atoms with E-state index in [4.69, 9.17) is 14.7 Å². The molecule has 5 rings (SSSR count). The van der Waals surface area contributed by atoms with Gasteiger partial charge < -0.3 is 14.5 Å². The summed E-state index contributed by atoms with van der Waals surface area (Å²) in [6.45, 7) is 1.75. The van der Waals surface area contributed by atoms with Crippen molar-refractivity contribution in [3.05, 3.63) is 67.0 Å². The zero-order valence-corrected chi connectivity index (χ0v) is 16.4. The van der Waals surface area contributed by atoms with Gasteiger partial charge in [0.15, 0.2) is 5.82 Å². The van der Waals surface area contributed by atoms with Crippen LogP contribution >= 0.6 is 0 Å². The van der Waals surface area contributed by atoms with Gasteiger partial charge in [-0.05, 0) is 42.5 Å². The van der Waals surface area contributed by atoms with E-state index in [1.54, 1.807) is 19.5 Å². The first kappa shape index (κ1) is 17.4. The second-order valence-corrected chi connectivity index (χ2v) is 7.06. The summed E-state index contributed by atoms with van der Waals surface area (Å²) >= 11 is 0. The van der Waals surface area contributed by atoms with Gasteiger partial charge in [-0.1, -0.05) is 12.1 Å². The second-order valence-electron chi connectivity index (χ2n) is 7.06. The standard InChI is InChI=1S/C23H21N5O/c1-27-12-13-28(21-8-4-3-7-20(21)27)23-18-14-17(29-2)9-10-19(18)25-22(26-23)16-6-5-11-24-15-16/h3-11,14-15H,12-13H2,1-2H3. The number of nitrogens with zero attached hydrogens (tertiary/aromatic N) is 5. The van der Waals surface area contributed by atoms with E-state index in [-0.39, 0.29) is 0 Å². The predicted molar refractivity (Wildman–Crippen MR) is 116 cm³/mol. The topological polar surface area (TPSA) is 54.4 Å². The molecule has 2 aromatic heterocycles. The maximum atomic E-state index is 5.47. The summed E-state index contributed by atoms with van der Waals surface area (Å²) in [5.74, 6) is 2.34. The maximum Gasteiger partial charge on any atom is 0.163 e. The van der Waals surface area contributed by atoms with E-state index in [9.17, 15) is 0 Å². The lowest BCUT2D eigenvalue weighted by atomic mass is 10.1. The normalized spacial score (nSPS) is 13.4. The molecule has 6 nitrogen and oxygen atoms in total. The van der Waals surface area contributed by atoms with Crippen molar-refractivity contribution in [1.29, 1.82) is 0 Å². The minimum absolute atomic E-state index is 0.669. The number of fused-ring (bicyclic) bond motifs is 2. The van der Waals surface area contributed by atoms with E-state index in [0.717, 1.165) is 46.8 Å². The molecule has 2 aromatic carbocycles. The second kappa shape index (κ2) is 7.05. The van der Waals surface area contributed by atoms with Gasteiger partial charge in [-0.2, -0.15) is 0 Å². The first-order valence-electron chi connectivity index (χ1n) is 9.58. The Hall–Kier alpha value is -3.67. The number of ether oxygens (including phenoxy) is 1. The van der Waals surface area contributed by atoms with Crippen molar-refractivity contribution in [2.45, 2.75) is 0 Å². The molecule has 0 spiro atoms. The Kier molecular flexibility index (Phi) is 4.24. The molecule has 0 unspecified atom stereocenters. The Labute approximate surface area is 169 Å². The molecule has 6 heteroatoms. The Morgan fingerprint density at radius 2 is 1.79 bits per heavy atom. The van der Waals surface area contributed by atoms with Gasteiger partial charge in [-0.3, -0.25) is 4.98 Å². The van der Waals surface area contributed by atoms with Crippen molar-refractivity contribution in [2.24, 2.45) is 0 Å². The number of rotatable bonds is 3. The lowest BCUT2D eigenvalue weighted by Crippen LogP contribution is -2.37. The summed E-state index contributed by atoms with van der Waals surface area (Å²) in [6, 6.07) is 18.2. The molecule has 0 saturated heterocycles. The fraction of sp³-hybridized carbons (Fsp3) is 0.174. The van der Waals surface area contributed by atoms with Gasteiger partial charge in [0, 0.05) is 43.5 Å². The molecule has 0 bridgehead atoms. The molecule has 0 radical (unpaired) electrons. The van der Waals surface area contributed by atoms with Crippen LogP contribution in [0.5, 0.6) is 5.75 Å². The number of aromatic nitrogens is 3. The number of anilines is 3. The Morgan fingerprint density at radius 1 is 0.931 bits per heavy atom. The summed E-state index contributed by atoms with van der Waals surface area (Å²) in [6.07, 6.45) is 3.55. The molecule has 1 aliphatic rings. The molecule has 0 amide bonds. The zero-order chi connectivity index (χ0) is 19.8. The largest absolute Gasteiger partial charge is 0.497 e. The number of likely N-dealkylation sites (N-methyl/N-ethyl adjacent to an activating group) is 1. The van der Waals surface area contributed by atoms with Crippen LogP contribution in [0.3, 0.4) is 0 Å². The van der Waals surface area contributed by atoms with Gasteiger partial charge in [0.2, 0.25) is 0 Å². The molecule has 29 heavy (non-hydrogen) atoms. The van der Waals surface area contributed by atoms with Crippen LogP contribution in [0.25, 0.3) is 22.3 Å². The number of methoxy groups -OCH3 is 1. The van der Waals surface area contributed by atoms with Crippen LogP contribution in [-0.2, 0) is 0 Å². The lowest BCUT2D eigenvalue weighted by molar-refractivity contribution is 0.415. The minimum Gasteiger partial charge on any atom is -0.497 e. The Morgan fingerprint density at radius 3 is 2.59 bits per heavy atom. The molecule has 0 atom stereocenters. The summed E-state index contributed by atoms with van der Waals surface area (Å²) < 4.78 is 5.47. The van der Waals surface area contributed by atoms with E-state index >= 15 is 0 Å². The molecule has 0 aliphatic carbocycles. The summed E-state index contributed by atoms with van der Waals surface area (Å²) in [5, 5.41) is 0.969. The van der Waals surface area contributed by atoms with Gasteiger partial charge in [0.05, 0.1) is 24.0 Å². The van der Waals surface area contributed by atoms with E-state index in [1.807, 2.05) is 30.3 Å². The Balaban J connectivity index is 1.76. The van der Waals surface area contributed by atoms with E-state index < -0.39 is 0 Å². The van der Waals surface area contributed by atoms with Crippen LogP contribution in [0.1, 0.15) is 0 Å². The van der Waals surface area contributed by atoms with Crippen LogP contribution in [0.15, 0.2) is 67.0 Å². The highest BCUT2D eigenvalue weighted by atomic mass is 16.5. The van der Waals surface area contributed by atoms with Crippen LogP contribution in [-0.4, -0.2) is 42.2 Å². The number of hydrogen-bond donors (Lipinski definition) is 0. The molecular weight excluding hydrogens is 362 g/mol. The molecular formula is C23H21N5O. The fourth-order valence-corrected chi connectivity index (χ4v) is 3.77. The summed E-state index contributed by atoms with van der Waals surface area (Å²) in [7, 11) is 3.80. The fourth-order valence-electron chi connectivity index (χ4n) is 3.77. The van der Waals surface area contributed by atoms with Crippen LogP contribution in [0, 0.1) is 0 Å². The smallest absolute Gasteiger partial charge is 0.163 e. The quantitative estimate of drug-likeness (QED) is 0.526. The third kappa shape index (κ3) is 3.02. The molecule has 0 saturated carbocycles. The number of pyridine rings is 1. The summed E-state index contributed by atoms with van der Waals surface area (Å²) in [4.78, 5) is 18.6. The van der Waals surface area contributed by atoms with E-state index in [1.165, 1.54) is 5.69 Å². The van der Waals surface area contributed by atoms with Gasteiger partial charge in [0.25, 0.3) is 0 Å². The molecule has 0 fully saturated rings. The number of para-hydroxylation sites is 2. The van der Waals surface area contributed by atoms with Crippen molar-refractivity contribution in [2.75, 3.05) is 37.0 Å². The zero-order valence-electron chi connectivity index (χ0n) is 16.4. The third-order valence-corrected chi connectivity index (χ3v) is 5.30. The first-order valence-corrected chi connectivity index (χ1v) is 9.58. The Bertz CT molecular complexity index is 1180. The minimum atomic E-state index is 0.669. The SMILES string of the molecule is COc1ccc2nc(-c3cccnc3)nc(N3CCN(C)c4ccccc43)c2c1. The highest BCUT2D eigenvalue weighted by molar-refractivity contribution is 5.95. The molecule has 4 aromatic rings. The van der Waals surface area contributed by atoms with E-state index in [2.05, 4.69) is 46.1 Å². The molecule has 3 heterocycles. The maximum absolute atomic E-state index is 5.47. The van der Waals surface area contributed by atoms with Crippen molar-refractivity contribution < 1.29 is 4.74 Å².